The summed E-state index contributed by atoms with van der Waals surface area (Å²) in [5, 5.41) is 2.38. The van der Waals surface area contributed by atoms with Crippen LogP contribution in [0.3, 0.4) is 0 Å². The molecule has 0 aliphatic carbocycles. The number of benzene rings is 2. The zero-order valence-electron chi connectivity index (χ0n) is 11.7. The van der Waals surface area contributed by atoms with E-state index in [-0.39, 0.29) is 12.6 Å². The van der Waals surface area contributed by atoms with Crippen LogP contribution in [-0.2, 0) is 14.2 Å². The lowest BCUT2D eigenvalue weighted by Crippen LogP contribution is -2.15. The van der Waals surface area contributed by atoms with Crippen LogP contribution in [0.15, 0.2) is 42.5 Å². The largest absolute Gasteiger partial charge is 0.350 e. The van der Waals surface area contributed by atoms with Gasteiger partial charge in [-0.2, -0.15) is 0 Å². The van der Waals surface area contributed by atoms with Crippen LogP contribution in [0, 0.1) is 0 Å². The first-order valence-electron chi connectivity index (χ1n) is 7.25. The van der Waals surface area contributed by atoms with Gasteiger partial charge in [0, 0.05) is 12.2 Å². The summed E-state index contributed by atoms with van der Waals surface area (Å²) in [6.45, 7) is 3.37. The first-order chi connectivity index (χ1) is 9.88. The highest BCUT2D eigenvalue weighted by atomic mass is 16.8. The van der Waals surface area contributed by atoms with Crippen molar-refractivity contribution >= 4 is 10.8 Å². The number of hydrogen-bond donors (Lipinski definition) is 0. The van der Waals surface area contributed by atoms with Gasteiger partial charge >= 0.3 is 0 Å². The molecule has 1 saturated heterocycles. The molecular weight excluding hydrogens is 252 g/mol. The Bertz CT molecular complexity index is 562. The fraction of sp³-hybridized carbons (Fsp3) is 0.412. The number of rotatable bonds is 5. The van der Waals surface area contributed by atoms with E-state index in [2.05, 4.69) is 31.2 Å². The number of fused-ring (bicyclic) bond motifs is 1. The molecule has 0 saturated carbocycles. The Kier molecular flexibility index (Phi) is 4.31. The highest BCUT2D eigenvalue weighted by Crippen LogP contribution is 2.32. The van der Waals surface area contributed by atoms with Gasteiger partial charge in [0.05, 0.1) is 0 Å². The van der Waals surface area contributed by atoms with Crippen LogP contribution >= 0.6 is 0 Å². The van der Waals surface area contributed by atoms with Crippen molar-refractivity contribution in [1.29, 1.82) is 0 Å². The molecule has 3 rings (SSSR count). The van der Waals surface area contributed by atoms with Gasteiger partial charge in [-0.15, -0.1) is 0 Å². The fourth-order valence-corrected chi connectivity index (χ4v) is 2.45. The van der Waals surface area contributed by atoms with E-state index >= 15 is 0 Å². The van der Waals surface area contributed by atoms with E-state index in [0.717, 1.165) is 25.0 Å². The van der Waals surface area contributed by atoms with E-state index in [4.69, 9.17) is 14.2 Å². The molecule has 0 radical (unpaired) electrons. The number of unbranched alkanes of at least 4 members (excludes halogenated alkanes) is 1. The molecule has 3 nitrogen and oxygen atoms in total. The average molecular weight is 272 g/mol. The van der Waals surface area contributed by atoms with E-state index in [0.29, 0.717) is 6.61 Å². The standard InChI is InChI=1S/C17H20O3/c1-2-3-11-18-16-12-19-17(20-16)15-10-6-8-13-7-4-5-9-14(13)15/h4-10,16-17H,2-3,11-12H2,1H3. The van der Waals surface area contributed by atoms with E-state index in [9.17, 15) is 0 Å². The lowest BCUT2D eigenvalue weighted by atomic mass is 10.0. The molecule has 2 aromatic rings. The molecule has 0 bridgehead atoms. The summed E-state index contributed by atoms with van der Waals surface area (Å²) in [7, 11) is 0. The maximum Gasteiger partial charge on any atom is 0.187 e. The van der Waals surface area contributed by atoms with Gasteiger partial charge in [0.2, 0.25) is 0 Å². The molecule has 106 valence electrons. The van der Waals surface area contributed by atoms with Crippen LogP contribution in [0.5, 0.6) is 0 Å². The average Bonchev–Trinajstić information content (AvgIpc) is 2.96. The maximum atomic E-state index is 5.86. The van der Waals surface area contributed by atoms with Crippen molar-refractivity contribution < 1.29 is 14.2 Å². The van der Waals surface area contributed by atoms with E-state index in [1.165, 1.54) is 10.8 Å². The Labute approximate surface area is 119 Å². The van der Waals surface area contributed by atoms with Crippen molar-refractivity contribution in [2.75, 3.05) is 13.2 Å². The molecule has 2 atom stereocenters. The summed E-state index contributed by atoms with van der Waals surface area (Å²) in [4.78, 5) is 0. The SMILES string of the molecule is CCCCOC1COC(c2cccc3ccccc23)O1. The Morgan fingerprint density at radius 2 is 2.00 bits per heavy atom. The maximum absolute atomic E-state index is 5.86. The van der Waals surface area contributed by atoms with Gasteiger partial charge in [0.25, 0.3) is 0 Å². The molecule has 1 fully saturated rings. The molecule has 0 N–H and O–H groups in total. The first kappa shape index (κ1) is 13.6. The molecular formula is C17H20O3. The van der Waals surface area contributed by atoms with Gasteiger partial charge in [-0.25, -0.2) is 0 Å². The fourth-order valence-electron chi connectivity index (χ4n) is 2.45. The topological polar surface area (TPSA) is 27.7 Å². The van der Waals surface area contributed by atoms with Gasteiger partial charge in [-0.05, 0) is 17.2 Å². The monoisotopic (exact) mass is 272 g/mol. The van der Waals surface area contributed by atoms with Gasteiger partial charge < -0.3 is 14.2 Å². The Morgan fingerprint density at radius 3 is 2.90 bits per heavy atom. The van der Waals surface area contributed by atoms with Gasteiger partial charge in [0.15, 0.2) is 12.6 Å². The number of hydrogen-bond acceptors (Lipinski definition) is 3. The van der Waals surface area contributed by atoms with Gasteiger partial charge in [0.1, 0.15) is 6.61 Å². The third kappa shape index (κ3) is 2.85. The molecule has 1 heterocycles. The molecule has 0 aromatic heterocycles. The van der Waals surface area contributed by atoms with Crippen molar-refractivity contribution in [1.82, 2.24) is 0 Å². The molecule has 0 spiro atoms. The molecule has 2 aromatic carbocycles. The smallest absolute Gasteiger partial charge is 0.187 e. The lowest BCUT2D eigenvalue weighted by Gasteiger charge is -2.14. The summed E-state index contributed by atoms with van der Waals surface area (Å²) in [5.74, 6) is 0. The second kappa shape index (κ2) is 6.35. The second-order valence-corrected chi connectivity index (χ2v) is 5.02. The quantitative estimate of drug-likeness (QED) is 0.769. The third-order valence-corrected chi connectivity index (χ3v) is 3.54. The summed E-state index contributed by atoms with van der Waals surface area (Å²) < 4.78 is 17.3. The van der Waals surface area contributed by atoms with Crippen LogP contribution in [0.25, 0.3) is 10.8 Å². The first-order valence-corrected chi connectivity index (χ1v) is 7.25. The Morgan fingerprint density at radius 1 is 1.15 bits per heavy atom. The summed E-state index contributed by atoms with van der Waals surface area (Å²) in [6.07, 6.45) is 1.61. The van der Waals surface area contributed by atoms with Crippen molar-refractivity contribution in [2.45, 2.75) is 32.3 Å². The molecule has 2 unspecified atom stereocenters. The predicted molar refractivity (Wildman–Crippen MR) is 78.4 cm³/mol. The van der Waals surface area contributed by atoms with E-state index in [1.54, 1.807) is 0 Å². The minimum absolute atomic E-state index is 0.245. The molecule has 20 heavy (non-hydrogen) atoms. The summed E-state index contributed by atoms with van der Waals surface area (Å²) in [5.41, 5.74) is 1.07. The van der Waals surface area contributed by atoms with E-state index < -0.39 is 0 Å². The minimum atomic E-state index is -0.326. The minimum Gasteiger partial charge on any atom is -0.350 e. The zero-order chi connectivity index (χ0) is 13.8. The second-order valence-electron chi connectivity index (χ2n) is 5.02. The van der Waals surface area contributed by atoms with Crippen LogP contribution < -0.4 is 0 Å². The van der Waals surface area contributed by atoms with Gasteiger partial charge in [-0.1, -0.05) is 55.8 Å². The Balaban J connectivity index is 1.73. The Hall–Kier alpha value is -1.42. The van der Waals surface area contributed by atoms with Crippen molar-refractivity contribution in [3.05, 3.63) is 48.0 Å². The van der Waals surface area contributed by atoms with Crippen LogP contribution in [0.1, 0.15) is 31.6 Å². The lowest BCUT2D eigenvalue weighted by molar-refractivity contribution is -0.145. The highest BCUT2D eigenvalue weighted by Gasteiger charge is 2.28. The van der Waals surface area contributed by atoms with Crippen molar-refractivity contribution in [2.24, 2.45) is 0 Å². The molecule has 1 aliphatic rings. The van der Waals surface area contributed by atoms with E-state index in [1.807, 2.05) is 18.2 Å². The normalized spacial score (nSPS) is 22.4. The molecule has 3 heteroatoms. The third-order valence-electron chi connectivity index (χ3n) is 3.54. The number of ether oxygens (including phenoxy) is 3. The summed E-state index contributed by atoms with van der Waals surface area (Å²) in [6, 6.07) is 14.5. The van der Waals surface area contributed by atoms with Crippen LogP contribution in [0.2, 0.25) is 0 Å². The molecule has 1 aliphatic heterocycles. The summed E-state index contributed by atoms with van der Waals surface area (Å²) >= 11 is 0. The molecule has 0 amide bonds. The van der Waals surface area contributed by atoms with Crippen molar-refractivity contribution in [3.8, 4) is 0 Å². The zero-order valence-corrected chi connectivity index (χ0v) is 11.7. The van der Waals surface area contributed by atoms with Crippen LogP contribution in [0.4, 0.5) is 0 Å². The van der Waals surface area contributed by atoms with Crippen LogP contribution in [-0.4, -0.2) is 19.5 Å². The predicted octanol–water partition coefficient (Wildman–Crippen LogP) is 4.03. The van der Waals surface area contributed by atoms with Gasteiger partial charge in [-0.3, -0.25) is 0 Å². The highest BCUT2D eigenvalue weighted by molar-refractivity contribution is 5.85. The van der Waals surface area contributed by atoms with Crippen molar-refractivity contribution in [3.63, 3.8) is 0 Å².